The maximum Gasteiger partial charge on any atom is 0.330 e. The molecule has 0 unspecified atom stereocenters. The molecule has 0 radical (unpaired) electrons. The summed E-state index contributed by atoms with van der Waals surface area (Å²) in [7, 11) is 1.32. The van der Waals surface area contributed by atoms with E-state index in [4.69, 9.17) is 0 Å². The zero-order valence-electron chi connectivity index (χ0n) is 10.8. The highest BCUT2D eigenvalue weighted by Crippen LogP contribution is 2.06. The number of hydrogen-bond donors (Lipinski definition) is 1. The topological polar surface area (TPSA) is 55.4 Å². The Morgan fingerprint density at radius 2 is 1.95 bits per heavy atom. The summed E-state index contributed by atoms with van der Waals surface area (Å²) in [5.41, 5.74) is 0.794. The SMILES string of the molecule is COC(=O)/C=C/C=CCCC(=O)Nc1ccccc1. The molecule has 0 aliphatic rings. The minimum absolute atomic E-state index is 0.0344. The summed E-state index contributed by atoms with van der Waals surface area (Å²) in [6.45, 7) is 0. The predicted octanol–water partition coefficient (Wildman–Crippen LogP) is 2.69. The monoisotopic (exact) mass is 259 g/mol. The molecule has 0 heterocycles. The summed E-state index contributed by atoms with van der Waals surface area (Å²) < 4.78 is 4.44. The normalized spacial score (nSPS) is 10.8. The highest BCUT2D eigenvalue weighted by atomic mass is 16.5. The van der Waals surface area contributed by atoms with Crippen molar-refractivity contribution >= 4 is 17.6 Å². The molecule has 0 fully saturated rings. The van der Waals surface area contributed by atoms with Crippen LogP contribution in [0.25, 0.3) is 0 Å². The lowest BCUT2D eigenvalue weighted by Crippen LogP contribution is -2.10. The molecule has 4 nitrogen and oxygen atoms in total. The number of esters is 1. The number of para-hydroxylation sites is 1. The first kappa shape index (κ1) is 14.7. The Morgan fingerprint density at radius 3 is 2.63 bits per heavy atom. The van der Waals surface area contributed by atoms with Crippen LogP contribution in [0.5, 0.6) is 0 Å². The maximum atomic E-state index is 11.6. The summed E-state index contributed by atoms with van der Waals surface area (Å²) in [4.78, 5) is 22.3. The summed E-state index contributed by atoms with van der Waals surface area (Å²) in [5, 5.41) is 2.80. The number of benzene rings is 1. The summed E-state index contributed by atoms with van der Waals surface area (Å²) >= 11 is 0. The Morgan fingerprint density at radius 1 is 1.21 bits per heavy atom. The van der Waals surface area contributed by atoms with E-state index in [2.05, 4.69) is 10.1 Å². The molecule has 0 atom stereocenters. The van der Waals surface area contributed by atoms with Crippen LogP contribution in [0.1, 0.15) is 12.8 Å². The molecule has 1 aromatic carbocycles. The van der Waals surface area contributed by atoms with Gasteiger partial charge in [-0.1, -0.05) is 36.4 Å². The van der Waals surface area contributed by atoms with Crippen LogP contribution in [0, 0.1) is 0 Å². The number of anilines is 1. The minimum atomic E-state index is -0.397. The molecule has 1 N–H and O–H groups in total. The van der Waals surface area contributed by atoms with Gasteiger partial charge in [0.05, 0.1) is 7.11 Å². The third kappa shape index (κ3) is 6.83. The highest BCUT2D eigenvalue weighted by Gasteiger charge is 1.99. The molecule has 1 rings (SSSR count). The van der Waals surface area contributed by atoms with Gasteiger partial charge < -0.3 is 10.1 Å². The van der Waals surface area contributed by atoms with Gasteiger partial charge in [-0.05, 0) is 18.6 Å². The van der Waals surface area contributed by atoms with Crippen LogP contribution in [0.2, 0.25) is 0 Å². The van der Waals surface area contributed by atoms with Gasteiger partial charge in [0.25, 0.3) is 0 Å². The molecular weight excluding hydrogens is 242 g/mol. The fraction of sp³-hybridized carbons (Fsp3) is 0.200. The number of methoxy groups -OCH3 is 1. The van der Waals surface area contributed by atoms with Crippen molar-refractivity contribution in [2.75, 3.05) is 12.4 Å². The van der Waals surface area contributed by atoms with Gasteiger partial charge in [-0.2, -0.15) is 0 Å². The lowest BCUT2D eigenvalue weighted by atomic mass is 10.2. The Labute approximate surface area is 112 Å². The average molecular weight is 259 g/mol. The lowest BCUT2D eigenvalue weighted by Gasteiger charge is -2.02. The molecule has 0 aliphatic heterocycles. The number of rotatable bonds is 6. The van der Waals surface area contributed by atoms with E-state index in [0.29, 0.717) is 12.8 Å². The van der Waals surface area contributed by atoms with Gasteiger partial charge in [0.2, 0.25) is 5.91 Å². The van der Waals surface area contributed by atoms with Crippen molar-refractivity contribution in [3.63, 3.8) is 0 Å². The molecule has 0 aliphatic carbocycles. The summed E-state index contributed by atoms with van der Waals surface area (Å²) in [5.74, 6) is -0.431. The zero-order valence-corrected chi connectivity index (χ0v) is 10.8. The van der Waals surface area contributed by atoms with Crippen molar-refractivity contribution in [1.29, 1.82) is 0 Å². The number of nitrogens with one attached hydrogen (secondary N) is 1. The van der Waals surface area contributed by atoms with Crippen LogP contribution in [-0.4, -0.2) is 19.0 Å². The lowest BCUT2D eigenvalue weighted by molar-refractivity contribution is -0.134. The number of ether oxygens (including phenoxy) is 1. The summed E-state index contributed by atoms with van der Waals surface area (Å²) in [6.07, 6.45) is 7.46. The molecule has 0 aromatic heterocycles. The van der Waals surface area contributed by atoms with Crippen molar-refractivity contribution < 1.29 is 14.3 Å². The predicted molar refractivity (Wildman–Crippen MR) is 74.6 cm³/mol. The van der Waals surface area contributed by atoms with Crippen LogP contribution in [0.15, 0.2) is 54.6 Å². The molecule has 0 saturated carbocycles. The molecule has 0 bridgehead atoms. The van der Waals surface area contributed by atoms with E-state index in [1.807, 2.05) is 36.4 Å². The molecule has 19 heavy (non-hydrogen) atoms. The van der Waals surface area contributed by atoms with Gasteiger partial charge in [0.15, 0.2) is 0 Å². The Hall–Kier alpha value is -2.36. The van der Waals surface area contributed by atoms with E-state index in [1.165, 1.54) is 13.2 Å². The van der Waals surface area contributed by atoms with Crippen LogP contribution in [0.4, 0.5) is 5.69 Å². The van der Waals surface area contributed by atoms with Crippen molar-refractivity contribution in [3.8, 4) is 0 Å². The van der Waals surface area contributed by atoms with Crippen LogP contribution in [-0.2, 0) is 14.3 Å². The van der Waals surface area contributed by atoms with Crippen molar-refractivity contribution in [3.05, 3.63) is 54.6 Å². The molecule has 1 amide bonds. The van der Waals surface area contributed by atoms with Gasteiger partial charge in [-0.15, -0.1) is 0 Å². The fourth-order valence-electron chi connectivity index (χ4n) is 1.34. The zero-order chi connectivity index (χ0) is 13.9. The first-order valence-corrected chi connectivity index (χ1v) is 5.98. The molecule has 1 aromatic rings. The van der Waals surface area contributed by atoms with E-state index in [1.54, 1.807) is 12.2 Å². The average Bonchev–Trinajstić information content (AvgIpc) is 2.43. The number of carbonyl (C=O) groups excluding carboxylic acids is 2. The van der Waals surface area contributed by atoms with Crippen LogP contribution in [0.3, 0.4) is 0 Å². The fourth-order valence-corrected chi connectivity index (χ4v) is 1.34. The Bertz CT molecular complexity index is 464. The quantitative estimate of drug-likeness (QED) is 0.485. The van der Waals surface area contributed by atoms with E-state index in [0.717, 1.165) is 5.69 Å². The van der Waals surface area contributed by atoms with Crippen molar-refractivity contribution in [2.24, 2.45) is 0 Å². The number of allylic oxidation sites excluding steroid dienone is 3. The van der Waals surface area contributed by atoms with E-state index in [-0.39, 0.29) is 5.91 Å². The van der Waals surface area contributed by atoms with Crippen molar-refractivity contribution in [2.45, 2.75) is 12.8 Å². The third-order valence-electron chi connectivity index (χ3n) is 2.28. The van der Waals surface area contributed by atoms with Gasteiger partial charge in [-0.25, -0.2) is 4.79 Å². The number of hydrogen-bond acceptors (Lipinski definition) is 3. The number of carbonyl (C=O) groups is 2. The standard InChI is InChI=1S/C15H17NO3/c1-19-15(18)12-8-3-2-7-11-14(17)16-13-9-5-4-6-10-13/h2-6,8-10,12H,7,11H2,1H3,(H,16,17)/b3-2?,12-8+. The van der Waals surface area contributed by atoms with E-state index < -0.39 is 5.97 Å². The van der Waals surface area contributed by atoms with Gasteiger partial charge in [-0.3, -0.25) is 4.79 Å². The third-order valence-corrected chi connectivity index (χ3v) is 2.28. The van der Waals surface area contributed by atoms with E-state index in [9.17, 15) is 9.59 Å². The maximum absolute atomic E-state index is 11.6. The summed E-state index contributed by atoms with van der Waals surface area (Å²) in [6, 6.07) is 9.31. The van der Waals surface area contributed by atoms with Gasteiger partial charge in [0, 0.05) is 18.2 Å². The minimum Gasteiger partial charge on any atom is -0.466 e. The first-order valence-electron chi connectivity index (χ1n) is 5.98. The molecular formula is C15H17NO3. The Kier molecular flexibility index (Phi) is 6.72. The van der Waals surface area contributed by atoms with Gasteiger partial charge in [0.1, 0.15) is 0 Å². The van der Waals surface area contributed by atoms with Crippen LogP contribution >= 0.6 is 0 Å². The molecule has 0 saturated heterocycles. The molecule has 100 valence electrons. The van der Waals surface area contributed by atoms with E-state index >= 15 is 0 Å². The second-order valence-corrected chi connectivity index (χ2v) is 3.76. The second-order valence-electron chi connectivity index (χ2n) is 3.76. The smallest absolute Gasteiger partial charge is 0.330 e. The highest BCUT2D eigenvalue weighted by molar-refractivity contribution is 5.90. The second kappa shape index (κ2) is 8.69. The molecule has 0 spiro atoms. The molecule has 4 heteroatoms. The number of amides is 1. The van der Waals surface area contributed by atoms with Crippen molar-refractivity contribution in [1.82, 2.24) is 0 Å². The van der Waals surface area contributed by atoms with Crippen LogP contribution < -0.4 is 5.32 Å². The largest absolute Gasteiger partial charge is 0.466 e. The Balaban J connectivity index is 2.22. The first-order chi connectivity index (χ1) is 9.22. The van der Waals surface area contributed by atoms with Gasteiger partial charge >= 0.3 is 5.97 Å².